The average molecular weight is 532 g/mol. The monoisotopic (exact) mass is 532 g/mol. The van der Waals surface area contributed by atoms with Crippen molar-refractivity contribution in [2.24, 2.45) is 14.1 Å². The van der Waals surface area contributed by atoms with E-state index in [1.165, 1.54) is 25.0 Å². The van der Waals surface area contributed by atoms with Crippen molar-refractivity contribution >= 4 is 34.6 Å². The van der Waals surface area contributed by atoms with Gasteiger partial charge in [-0.1, -0.05) is 0 Å². The Labute approximate surface area is 179 Å². The summed E-state index contributed by atoms with van der Waals surface area (Å²) in [7, 11) is -13.7. The zero-order valence-electron chi connectivity index (χ0n) is 17.0. The molecule has 0 bridgehead atoms. The van der Waals surface area contributed by atoms with Gasteiger partial charge >= 0.3 is 29.2 Å². The van der Waals surface area contributed by atoms with Crippen molar-refractivity contribution in [3.8, 4) is 0 Å². The van der Waals surface area contributed by atoms with Gasteiger partial charge in [0.05, 0.1) is 19.5 Å². The number of nitrogens with zero attached hydrogens (tertiary/aromatic N) is 4. The Balaban J connectivity index is -0.00000210. The van der Waals surface area contributed by atoms with Crippen LogP contribution in [0.15, 0.2) is 15.9 Å². The maximum absolute atomic E-state index is 12.4. The van der Waals surface area contributed by atoms with Crippen LogP contribution < -0.4 is 35.9 Å². The summed E-state index contributed by atoms with van der Waals surface area (Å²) in [4.78, 5) is 63.8. The molecular formula is C9H27N8O12P3. The van der Waals surface area contributed by atoms with Gasteiger partial charge in [-0.15, -0.1) is 0 Å². The first kappa shape index (κ1) is 35.0. The van der Waals surface area contributed by atoms with Crippen LogP contribution in [-0.4, -0.2) is 44.9 Å². The standard InChI is InChI=1S/C9H15N4O12P3.4H3N/c1-11-5-10-7-6(11)8(14)13(9(15)12(7)2)3-4-23-27(19,20)25-28(21,22)24-26(16,17)18;;;;/h5H,3-4H2,1-2H3,(H,19,20)(H,21,22)(H2,16,17,18);4*1H3. The topological polar surface area (TPSA) is 362 Å². The van der Waals surface area contributed by atoms with Gasteiger partial charge in [-0.05, 0) is 0 Å². The minimum absolute atomic E-state index is 0. The molecule has 23 heteroatoms. The molecule has 2 unspecified atom stereocenters. The number of imidazole rings is 1. The van der Waals surface area contributed by atoms with Crippen LogP contribution in [0.3, 0.4) is 0 Å². The first-order valence-corrected chi connectivity index (χ1v) is 11.5. The summed E-state index contributed by atoms with van der Waals surface area (Å²) < 4.78 is 47.9. The molecule has 2 rings (SSSR count). The lowest BCUT2D eigenvalue weighted by Gasteiger charge is -2.16. The first-order valence-electron chi connectivity index (χ1n) is 7.03. The summed E-state index contributed by atoms with van der Waals surface area (Å²) in [6.45, 7) is -1.38. The fraction of sp³-hybridized carbons (Fsp3) is 0.444. The molecule has 0 aromatic carbocycles. The van der Waals surface area contributed by atoms with Crippen molar-refractivity contribution in [3.63, 3.8) is 0 Å². The molecule has 0 spiro atoms. The summed E-state index contributed by atoms with van der Waals surface area (Å²) in [5.41, 5.74) is -1.40. The molecule has 0 radical (unpaired) electrons. The second-order valence-corrected chi connectivity index (χ2v) is 9.67. The zero-order valence-corrected chi connectivity index (χ0v) is 19.7. The summed E-state index contributed by atoms with van der Waals surface area (Å²) in [6.07, 6.45) is 1.31. The number of phosphoric acid groups is 3. The maximum Gasteiger partial charge on any atom is 0.490 e. The number of aromatic nitrogens is 4. The molecule has 0 aliphatic rings. The minimum Gasteiger partial charge on any atom is -0.344 e. The molecule has 0 saturated heterocycles. The molecule has 2 atom stereocenters. The van der Waals surface area contributed by atoms with Crippen LogP contribution in [0, 0.1) is 0 Å². The van der Waals surface area contributed by atoms with E-state index in [-0.39, 0.29) is 35.8 Å². The molecule has 2 heterocycles. The molecule has 0 aliphatic carbocycles. The van der Waals surface area contributed by atoms with Gasteiger partial charge in [0.15, 0.2) is 11.2 Å². The predicted molar refractivity (Wildman–Crippen MR) is 110 cm³/mol. The van der Waals surface area contributed by atoms with Crippen LogP contribution in [0.25, 0.3) is 11.2 Å². The molecule has 0 fully saturated rings. The predicted octanol–water partition coefficient (Wildman–Crippen LogP) is -0.575. The Morgan fingerprint density at radius 1 is 0.938 bits per heavy atom. The van der Waals surface area contributed by atoms with Crippen molar-refractivity contribution in [1.29, 1.82) is 0 Å². The Morgan fingerprint density at radius 2 is 1.47 bits per heavy atom. The third kappa shape index (κ3) is 8.39. The Kier molecular flexibility index (Phi) is 13.2. The average Bonchev–Trinajstić information content (AvgIpc) is 2.86. The summed E-state index contributed by atoms with van der Waals surface area (Å²) >= 11 is 0. The number of phosphoric ester groups is 1. The third-order valence-electron chi connectivity index (χ3n) is 3.19. The van der Waals surface area contributed by atoms with Crippen molar-refractivity contribution in [3.05, 3.63) is 27.2 Å². The van der Waals surface area contributed by atoms with Crippen LogP contribution in [0.5, 0.6) is 0 Å². The number of hydrogen-bond acceptors (Lipinski definition) is 13. The van der Waals surface area contributed by atoms with Gasteiger partial charge in [0, 0.05) is 14.1 Å². The van der Waals surface area contributed by atoms with Crippen molar-refractivity contribution in [2.75, 3.05) is 6.61 Å². The molecule has 0 aliphatic heterocycles. The molecule has 16 N–H and O–H groups in total. The number of fused-ring (bicyclic) bond motifs is 1. The molecule has 20 nitrogen and oxygen atoms in total. The summed E-state index contributed by atoms with van der Waals surface area (Å²) in [5.74, 6) is 0. The smallest absolute Gasteiger partial charge is 0.344 e. The molecular weight excluding hydrogens is 505 g/mol. The molecule has 0 saturated carbocycles. The van der Waals surface area contributed by atoms with Crippen LogP contribution in [0.1, 0.15) is 0 Å². The van der Waals surface area contributed by atoms with E-state index in [9.17, 15) is 28.2 Å². The fourth-order valence-electron chi connectivity index (χ4n) is 2.14. The van der Waals surface area contributed by atoms with Gasteiger partial charge in [0.25, 0.3) is 5.56 Å². The Hall–Kier alpha value is -1.60. The van der Waals surface area contributed by atoms with Gasteiger partial charge in [0.2, 0.25) is 0 Å². The van der Waals surface area contributed by atoms with E-state index in [0.29, 0.717) is 4.57 Å². The van der Waals surface area contributed by atoms with Crippen molar-refractivity contribution < 1.29 is 46.4 Å². The molecule has 2 aromatic rings. The van der Waals surface area contributed by atoms with E-state index in [2.05, 4.69) is 18.1 Å². The quantitative estimate of drug-likeness (QED) is 0.197. The van der Waals surface area contributed by atoms with E-state index < -0.39 is 47.9 Å². The van der Waals surface area contributed by atoms with Gasteiger partial charge in [-0.2, -0.15) is 8.62 Å². The van der Waals surface area contributed by atoms with Crippen LogP contribution in [-0.2, 0) is 47.5 Å². The highest BCUT2D eigenvalue weighted by Crippen LogP contribution is 2.66. The zero-order chi connectivity index (χ0) is 21.5. The Bertz CT molecular complexity index is 1170. The molecule has 2 aromatic heterocycles. The van der Waals surface area contributed by atoms with Gasteiger partial charge in [0.1, 0.15) is 0 Å². The van der Waals surface area contributed by atoms with E-state index in [4.69, 9.17) is 14.7 Å². The van der Waals surface area contributed by atoms with E-state index in [1.54, 1.807) is 0 Å². The maximum atomic E-state index is 12.4. The first-order chi connectivity index (χ1) is 12.6. The Morgan fingerprint density at radius 3 is 1.97 bits per heavy atom. The van der Waals surface area contributed by atoms with Crippen molar-refractivity contribution in [2.45, 2.75) is 6.54 Å². The normalized spacial score (nSPS) is 14.7. The summed E-state index contributed by atoms with van der Waals surface area (Å²) in [5, 5.41) is 0. The van der Waals surface area contributed by atoms with Crippen LogP contribution in [0.4, 0.5) is 0 Å². The SMILES string of the molecule is Cn1cnc2c1c(=O)n(CCOP(=O)(O)OP(=O)(O)OP(=O)(O)O)c(=O)n2C.N.N.N.N. The van der Waals surface area contributed by atoms with Gasteiger partial charge in [-0.25, -0.2) is 23.5 Å². The van der Waals surface area contributed by atoms with E-state index >= 15 is 0 Å². The summed E-state index contributed by atoms with van der Waals surface area (Å²) in [6, 6.07) is 0. The third-order valence-corrected chi connectivity index (χ3v) is 7.02. The molecule has 190 valence electrons. The van der Waals surface area contributed by atoms with E-state index in [0.717, 1.165) is 4.57 Å². The number of aryl methyl sites for hydroxylation is 2. The van der Waals surface area contributed by atoms with E-state index in [1.807, 2.05) is 0 Å². The highest BCUT2D eigenvalue weighted by atomic mass is 31.3. The highest BCUT2D eigenvalue weighted by Gasteiger charge is 2.40. The lowest BCUT2D eigenvalue weighted by molar-refractivity contribution is 0.167. The lowest BCUT2D eigenvalue weighted by Crippen LogP contribution is -2.40. The van der Waals surface area contributed by atoms with Gasteiger partial charge in [-0.3, -0.25) is 18.5 Å². The second-order valence-electron chi connectivity index (χ2n) is 5.25. The van der Waals surface area contributed by atoms with Crippen LogP contribution in [0.2, 0.25) is 0 Å². The number of hydrogen-bond donors (Lipinski definition) is 8. The highest BCUT2D eigenvalue weighted by molar-refractivity contribution is 7.66. The molecule has 0 amide bonds. The van der Waals surface area contributed by atoms with Crippen LogP contribution >= 0.6 is 23.5 Å². The van der Waals surface area contributed by atoms with Gasteiger partial charge < -0.3 is 48.7 Å². The largest absolute Gasteiger partial charge is 0.490 e. The number of rotatable bonds is 8. The molecule has 32 heavy (non-hydrogen) atoms. The van der Waals surface area contributed by atoms with Crippen molar-refractivity contribution in [1.82, 2.24) is 43.3 Å². The minimum atomic E-state index is -5.65. The second kappa shape index (κ2) is 12.0. The fourth-order valence-corrected chi connectivity index (χ4v) is 5.15. The lowest BCUT2D eigenvalue weighted by atomic mass is 10.5.